The lowest BCUT2D eigenvalue weighted by Gasteiger charge is -2.05. The standard InChI is InChI=1S/C13H13Cl3O3/c14-9-6-8(7-10(15)13(9)16)11(17)4-2-1-3-5-12(18)19/h6-7H,1-5H2,(H,18,19). The maximum atomic E-state index is 11.9. The van der Waals surface area contributed by atoms with Crippen LogP contribution in [0.2, 0.25) is 15.1 Å². The van der Waals surface area contributed by atoms with E-state index in [4.69, 9.17) is 39.9 Å². The molecule has 1 aromatic rings. The Bertz CT molecular complexity index is 463. The van der Waals surface area contributed by atoms with E-state index < -0.39 is 5.97 Å². The first-order valence-corrected chi connectivity index (χ1v) is 6.94. The summed E-state index contributed by atoms with van der Waals surface area (Å²) in [5.41, 5.74) is 0.428. The van der Waals surface area contributed by atoms with E-state index in [9.17, 15) is 9.59 Å². The van der Waals surface area contributed by atoms with Crippen molar-refractivity contribution in [3.05, 3.63) is 32.8 Å². The summed E-state index contributed by atoms with van der Waals surface area (Å²) >= 11 is 17.5. The molecule has 0 heterocycles. The number of carboxylic acids is 1. The summed E-state index contributed by atoms with van der Waals surface area (Å²) in [5, 5.41) is 9.22. The predicted molar refractivity (Wildman–Crippen MR) is 76.5 cm³/mol. The Hall–Kier alpha value is -0.770. The van der Waals surface area contributed by atoms with Crippen LogP contribution in [0.4, 0.5) is 0 Å². The van der Waals surface area contributed by atoms with Gasteiger partial charge in [0.25, 0.3) is 0 Å². The zero-order valence-electron chi connectivity index (χ0n) is 10.1. The molecule has 0 spiro atoms. The van der Waals surface area contributed by atoms with Gasteiger partial charge in [0.05, 0.1) is 15.1 Å². The van der Waals surface area contributed by atoms with E-state index in [-0.39, 0.29) is 27.3 Å². The lowest BCUT2D eigenvalue weighted by molar-refractivity contribution is -0.137. The van der Waals surface area contributed by atoms with E-state index in [0.29, 0.717) is 31.2 Å². The van der Waals surface area contributed by atoms with Crippen LogP contribution in [0.3, 0.4) is 0 Å². The number of rotatable bonds is 7. The van der Waals surface area contributed by atoms with Gasteiger partial charge in [-0.2, -0.15) is 0 Å². The van der Waals surface area contributed by atoms with Gasteiger partial charge in [0, 0.05) is 18.4 Å². The summed E-state index contributed by atoms with van der Waals surface area (Å²) in [6, 6.07) is 2.99. The number of halogens is 3. The van der Waals surface area contributed by atoms with Crippen molar-refractivity contribution in [2.45, 2.75) is 32.1 Å². The number of benzene rings is 1. The van der Waals surface area contributed by atoms with Crippen LogP contribution < -0.4 is 0 Å². The van der Waals surface area contributed by atoms with Crippen molar-refractivity contribution in [3.8, 4) is 0 Å². The molecule has 0 radical (unpaired) electrons. The summed E-state index contributed by atoms with van der Waals surface area (Å²) in [5.74, 6) is -0.890. The lowest BCUT2D eigenvalue weighted by Crippen LogP contribution is -2.00. The van der Waals surface area contributed by atoms with E-state index in [1.807, 2.05) is 0 Å². The second-order valence-corrected chi connectivity index (χ2v) is 5.32. The molecule has 3 nitrogen and oxygen atoms in total. The number of carbonyl (C=O) groups is 2. The normalized spacial score (nSPS) is 10.5. The molecule has 0 fully saturated rings. The van der Waals surface area contributed by atoms with E-state index in [0.717, 1.165) is 0 Å². The van der Waals surface area contributed by atoms with Gasteiger partial charge in [-0.25, -0.2) is 0 Å². The number of carboxylic acid groups (broad SMARTS) is 1. The van der Waals surface area contributed by atoms with E-state index in [1.165, 1.54) is 12.1 Å². The van der Waals surface area contributed by atoms with Crippen LogP contribution in [0, 0.1) is 0 Å². The lowest BCUT2D eigenvalue weighted by atomic mass is 10.0. The van der Waals surface area contributed by atoms with Crippen molar-refractivity contribution in [1.82, 2.24) is 0 Å². The molecule has 0 saturated carbocycles. The first-order valence-electron chi connectivity index (χ1n) is 5.81. The monoisotopic (exact) mass is 322 g/mol. The van der Waals surface area contributed by atoms with Gasteiger partial charge in [0.1, 0.15) is 0 Å². The van der Waals surface area contributed by atoms with E-state index >= 15 is 0 Å². The smallest absolute Gasteiger partial charge is 0.303 e. The van der Waals surface area contributed by atoms with Gasteiger partial charge in [-0.05, 0) is 25.0 Å². The van der Waals surface area contributed by atoms with E-state index in [2.05, 4.69) is 0 Å². The Kier molecular flexibility index (Phi) is 6.63. The minimum Gasteiger partial charge on any atom is -0.481 e. The topological polar surface area (TPSA) is 54.4 Å². The Morgan fingerprint density at radius 1 is 0.947 bits per heavy atom. The van der Waals surface area contributed by atoms with Gasteiger partial charge in [0.2, 0.25) is 0 Å². The van der Waals surface area contributed by atoms with Gasteiger partial charge in [0.15, 0.2) is 5.78 Å². The molecular formula is C13H13Cl3O3. The molecule has 0 amide bonds. The zero-order chi connectivity index (χ0) is 14.4. The Labute approximate surface area is 126 Å². The van der Waals surface area contributed by atoms with Crippen LogP contribution >= 0.6 is 34.8 Å². The molecule has 0 bridgehead atoms. The third-order valence-corrected chi connectivity index (χ3v) is 3.80. The molecule has 0 aromatic heterocycles. The van der Waals surface area contributed by atoms with Crippen LogP contribution in [0.1, 0.15) is 42.5 Å². The second-order valence-electron chi connectivity index (χ2n) is 4.13. The average Bonchev–Trinajstić information content (AvgIpc) is 2.34. The molecule has 1 N–H and O–H groups in total. The number of unbranched alkanes of at least 4 members (excludes halogenated alkanes) is 2. The average molecular weight is 324 g/mol. The van der Waals surface area contributed by atoms with E-state index in [1.54, 1.807) is 0 Å². The fraction of sp³-hybridized carbons (Fsp3) is 0.385. The molecule has 0 aliphatic rings. The molecule has 0 unspecified atom stereocenters. The quantitative estimate of drug-likeness (QED) is 0.442. The van der Waals surface area contributed by atoms with Crippen molar-refractivity contribution in [2.75, 3.05) is 0 Å². The van der Waals surface area contributed by atoms with Crippen LogP contribution in [0.15, 0.2) is 12.1 Å². The largest absolute Gasteiger partial charge is 0.481 e. The van der Waals surface area contributed by atoms with Crippen molar-refractivity contribution in [2.24, 2.45) is 0 Å². The number of aliphatic carboxylic acids is 1. The number of hydrogen-bond acceptors (Lipinski definition) is 2. The SMILES string of the molecule is O=C(O)CCCCCC(=O)c1cc(Cl)c(Cl)c(Cl)c1. The van der Waals surface area contributed by atoms with Crippen LogP contribution in [-0.4, -0.2) is 16.9 Å². The van der Waals surface area contributed by atoms with Crippen LogP contribution in [0.5, 0.6) is 0 Å². The number of Topliss-reactive ketones (excluding diaryl/α,β-unsaturated/α-hetero) is 1. The summed E-state index contributed by atoms with van der Waals surface area (Å²) in [7, 11) is 0. The molecular weight excluding hydrogens is 310 g/mol. The van der Waals surface area contributed by atoms with Crippen LogP contribution in [-0.2, 0) is 4.79 Å². The van der Waals surface area contributed by atoms with Crippen LogP contribution in [0.25, 0.3) is 0 Å². The summed E-state index contributed by atoms with van der Waals surface area (Å²) in [6.45, 7) is 0. The molecule has 0 aliphatic carbocycles. The van der Waals surface area contributed by atoms with Gasteiger partial charge in [-0.15, -0.1) is 0 Å². The van der Waals surface area contributed by atoms with Gasteiger partial charge < -0.3 is 5.11 Å². The molecule has 6 heteroatoms. The molecule has 1 rings (SSSR count). The number of carbonyl (C=O) groups excluding carboxylic acids is 1. The molecule has 0 saturated heterocycles. The van der Waals surface area contributed by atoms with Crippen molar-refractivity contribution in [3.63, 3.8) is 0 Å². The fourth-order valence-corrected chi connectivity index (χ4v) is 2.20. The van der Waals surface area contributed by atoms with Gasteiger partial charge in [-0.1, -0.05) is 41.2 Å². The van der Waals surface area contributed by atoms with Crippen molar-refractivity contribution < 1.29 is 14.7 Å². The highest BCUT2D eigenvalue weighted by Crippen LogP contribution is 2.31. The minimum atomic E-state index is -0.817. The minimum absolute atomic E-state index is 0.0733. The Morgan fingerprint density at radius 3 is 2.00 bits per heavy atom. The third kappa shape index (κ3) is 5.39. The molecule has 0 aliphatic heterocycles. The summed E-state index contributed by atoms with van der Waals surface area (Å²) in [6.07, 6.45) is 2.39. The highest BCUT2D eigenvalue weighted by Gasteiger charge is 2.11. The summed E-state index contributed by atoms with van der Waals surface area (Å²) < 4.78 is 0. The number of hydrogen-bond donors (Lipinski definition) is 1. The van der Waals surface area contributed by atoms with Crippen molar-refractivity contribution in [1.29, 1.82) is 0 Å². The Balaban J connectivity index is 2.48. The van der Waals surface area contributed by atoms with Gasteiger partial charge in [-0.3, -0.25) is 9.59 Å². The maximum absolute atomic E-state index is 11.9. The maximum Gasteiger partial charge on any atom is 0.303 e. The first-order chi connectivity index (χ1) is 8.91. The van der Waals surface area contributed by atoms with Crippen molar-refractivity contribution >= 4 is 46.6 Å². The Morgan fingerprint density at radius 2 is 1.47 bits per heavy atom. The zero-order valence-corrected chi connectivity index (χ0v) is 12.4. The first kappa shape index (κ1) is 16.3. The highest BCUT2D eigenvalue weighted by atomic mass is 35.5. The molecule has 1 aromatic carbocycles. The third-order valence-electron chi connectivity index (χ3n) is 2.60. The van der Waals surface area contributed by atoms with Gasteiger partial charge >= 0.3 is 5.97 Å². The number of ketones is 1. The fourth-order valence-electron chi connectivity index (χ4n) is 1.60. The predicted octanol–water partition coefficient (Wildman–Crippen LogP) is 4.86. The molecule has 19 heavy (non-hydrogen) atoms. The molecule has 104 valence electrons. The second kappa shape index (κ2) is 7.73. The highest BCUT2D eigenvalue weighted by molar-refractivity contribution is 6.48. The summed E-state index contributed by atoms with van der Waals surface area (Å²) in [4.78, 5) is 22.2. The molecule has 0 atom stereocenters.